The number of benzene rings is 1. The predicted molar refractivity (Wildman–Crippen MR) is 81.3 cm³/mol. The number of nitrogens with zero attached hydrogens (tertiary/aromatic N) is 1. The molecule has 3 N–H and O–H groups in total. The van der Waals surface area contributed by atoms with Gasteiger partial charge in [0.2, 0.25) is 0 Å². The van der Waals surface area contributed by atoms with Crippen LogP contribution in [0.1, 0.15) is 0 Å². The van der Waals surface area contributed by atoms with Crippen LogP contribution in [0.5, 0.6) is 0 Å². The van der Waals surface area contributed by atoms with Gasteiger partial charge in [0.15, 0.2) is 5.82 Å². The molecule has 0 amide bonds. The van der Waals surface area contributed by atoms with E-state index < -0.39 is 15.8 Å². The Kier molecular flexibility index (Phi) is 4.31. The lowest BCUT2D eigenvalue weighted by Gasteiger charge is -2.11. The van der Waals surface area contributed by atoms with Crippen LogP contribution in [0.25, 0.3) is 0 Å². The monoisotopic (exact) mass is 423 g/mol. The molecule has 0 saturated carbocycles. The molecule has 1 aromatic carbocycles. The zero-order chi connectivity index (χ0) is 14.9. The number of rotatable bonds is 3. The number of sulfonamides is 1. The Bertz CT molecular complexity index is 768. The quantitative estimate of drug-likeness (QED) is 0.741. The smallest absolute Gasteiger partial charge is 0.264 e. The van der Waals surface area contributed by atoms with Crippen molar-refractivity contribution < 1.29 is 12.8 Å². The molecule has 0 aliphatic carbocycles. The maximum Gasteiger partial charge on any atom is 0.264 e. The lowest BCUT2D eigenvalue weighted by molar-refractivity contribution is 0.599. The third-order valence-corrected chi connectivity index (χ3v) is 5.27. The van der Waals surface area contributed by atoms with Crippen LogP contribution >= 0.6 is 31.9 Å². The zero-order valence-electron chi connectivity index (χ0n) is 9.77. The number of halogens is 3. The molecule has 0 aliphatic heterocycles. The summed E-state index contributed by atoms with van der Waals surface area (Å²) in [5, 5.41) is 0. The molecule has 9 heteroatoms. The van der Waals surface area contributed by atoms with Gasteiger partial charge in [-0.05, 0) is 56.1 Å². The summed E-state index contributed by atoms with van der Waals surface area (Å²) in [6.07, 6.45) is 1.44. The molecule has 1 aromatic heterocycles. The zero-order valence-corrected chi connectivity index (χ0v) is 13.8. The van der Waals surface area contributed by atoms with Crippen molar-refractivity contribution >= 4 is 53.4 Å². The third kappa shape index (κ3) is 3.10. The van der Waals surface area contributed by atoms with Gasteiger partial charge in [0, 0.05) is 10.7 Å². The van der Waals surface area contributed by atoms with E-state index in [1.54, 1.807) is 12.1 Å². The Morgan fingerprint density at radius 3 is 2.60 bits per heavy atom. The van der Waals surface area contributed by atoms with Crippen LogP contribution in [0.2, 0.25) is 0 Å². The van der Waals surface area contributed by atoms with Crippen LogP contribution in [0, 0.1) is 5.82 Å². The molecule has 20 heavy (non-hydrogen) atoms. The van der Waals surface area contributed by atoms with Gasteiger partial charge in [0.1, 0.15) is 10.7 Å². The predicted octanol–water partition coefficient (Wildman–Crippen LogP) is 3.13. The van der Waals surface area contributed by atoms with Gasteiger partial charge >= 0.3 is 0 Å². The highest BCUT2D eigenvalue weighted by molar-refractivity contribution is 9.11. The molecule has 0 saturated heterocycles. The summed E-state index contributed by atoms with van der Waals surface area (Å²) in [6, 6.07) is 5.32. The van der Waals surface area contributed by atoms with Gasteiger partial charge in [0.05, 0.1) is 10.2 Å². The molecule has 0 radical (unpaired) electrons. The first-order chi connectivity index (χ1) is 9.31. The summed E-state index contributed by atoms with van der Waals surface area (Å²) in [5.41, 5.74) is 5.14. The Morgan fingerprint density at radius 1 is 1.25 bits per heavy atom. The second-order valence-electron chi connectivity index (χ2n) is 3.74. The van der Waals surface area contributed by atoms with E-state index in [-0.39, 0.29) is 20.9 Å². The Labute approximate surface area is 131 Å². The maximum absolute atomic E-state index is 13.2. The van der Waals surface area contributed by atoms with E-state index in [0.717, 1.165) is 12.1 Å². The minimum atomic E-state index is -3.94. The molecule has 106 valence electrons. The Morgan fingerprint density at radius 2 is 1.95 bits per heavy atom. The fourth-order valence-electron chi connectivity index (χ4n) is 1.39. The molecule has 0 spiro atoms. The maximum atomic E-state index is 13.2. The number of aromatic nitrogens is 1. The molecule has 0 fully saturated rings. The number of pyridine rings is 1. The average Bonchev–Trinajstić information content (AvgIpc) is 2.36. The molecule has 1 heterocycles. The Balaban J connectivity index is 2.47. The summed E-state index contributed by atoms with van der Waals surface area (Å²) < 4.78 is 40.6. The number of hydrogen-bond acceptors (Lipinski definition) is 4. The molecular weight excluding hydrogens is 417 g/mol. The third-order valence-electron chi connectivity index (χ3n) is 2.33. The number of hydrogen-bond donors (Lipinski definition) is 2. The largest absolute Gasteiger partial charge is 0.396 e. The minimum absolute atomic E-state index is 0.0729. The van der Waals surface area contributed by atoms with E-state index in [4.69, 9.17) is 5.73 Å². The van der Waals surface area contributed by atoms with Crippen molar-refractivity contribution in [2.24, 2.45) is 0 Å². The lowest BCUT2D eigenvalue weighted by Crippen LogP contribution is -2.15. The van der Waals surface area contributed by atoms with Crippen molar-refractivity contribution in [3.8, 4) is 0 Å². The standard InChI is InChI=1S/C11H8Br2FN3O2S/c12-6-2-1-3-16-11(6)17-20(18,19)10-5-9(15)8(14)4-7(10)13/h1-5H,15H2,(H,16,17). The van der Waals surface area contributed by atoms with E-state index in [1.165, 1.54) is 6.20 Å². The summed E-state index contributed by atoms with van der Waals surface area (Å²) in [4.78, 5) is 3.73. The second-order valence-corrected chi connectivity index (χ2v) is 7.10. The summed E-state index contributed by atoms with van der Waals surface area (Å²) in [7, 11) is -3.94. The number of nitrogens with one attached hydrogen (secondary N) is 1. The highest BCUT2D eigenvalue weighted by Crippen LogP contribution is 2.29. The van der Waals surface area contributed by atoms with Gasteiger partial charge in [-0.25, -0.2) is 17.8 Å². The van der Waals surface area contributed by atoms with E-state index >= 15 is 0 Å². The van der Waals surface area contributed by atoms with Crippen molar-refractivity contribution in [3.63, 3.8) is 0 Å². The summed E-state index contributed by atoms with van der Waals surface area (Å²) in [5.74, 6) is -0.572. The molecule has 0 unspecified atom stereocenters. The molecule has 0 bridgehead atoms. The van der Waals surface area contributed by atoms with E-state index in [9.17, 15) is 12.8 Å². The van der Waals surface area contributed by atoms with Crippen molar-refractivity contribution in [1.29, 1.82) is 0 Å². The normalized spacial score (nSPS) is 11.3. The molecule has 0 atom stereocenters. The molecule has 2 aromatic rings. The first-order valence-corrected chi connectivity index (χ1v) is 8.26. The fourth-order valence-corrected chi connectivity index (χ4v) is 3.96. The van der Waals surface area contributed by atoms with Crippen molar-refractivity contribution in [2.75, 3.05) is 10.5 Å². The average molecular weight is 425 g/mol. The van der Waals surface area contributed by atoms with E-state index in [1.807, 2.05) is 0 Å². The van der Waals surface area contributed by atoms with Crippen LogP contribution in [0.15, 0.2) is 44.3 Å². The van der Waals surface area contributed by atoms with Crippen molar-refractivity contribution in [2.45, 2.75) is 4.90 Å². The molecule has 0 aliphatic rings. The number of nitrogens with two attached hydrogens (primary N) is 1. The SMILES string of the molecule is Nc1cc(S(=O)(=O)Nc2ncccc2Br)c(Br)cc1F. The van der Waals surface area contributed by atoms with Crippen molar-refractivity contribution in [3.05, 3.63) is 45.2 Å². The number of anilines is 2. The highest BCUT2D eigenvalue weighted by Gasteiger charge is 2.21. The van der Waals surface area contributed by atoms with Gasteiger partial charge in [0.25, 0.3) is 10.0 Å². The van der Waals surface area contributed by atoms with Crippen LogP contribution in [0.3, 0.4) is 0 Å². The van der Waals surface area contributed by atoms with Gasteiger partial charge in [-0.3, -0.25) is 4.72 Å². The van der Waals surface area contributed by atoms with Gasteiger partial charge in [-0.15, -0.1) is 0 Å². The van der Waals surface area contributed by atoms with Gasteiger partial charge in [-0.2, -0.15) is 0 Å². The van der Waals surface area contributed by atoms with Crippen LogP contribution in [-0.4, -0.2) is 13.4 Å². The number of nitrogen functional groups attached to an aromatic ring is 1. The second kappa shape index (κ2) is 5.66. The van der Waals surface area contributed by atoms with E-state index in [2.05, 4.69) is 41.6 Å². The van der Waals surface area contributed by atoms with Crippen molar-refractivity contribution in [1.82, 2.24) is 4.98 Å². The lowest BCUT2D eigenvalue weighted by atomic mass is 10.3. The van der Waals surface area contributed by atoms with Gasteiger partial charge < -0.3 is 5.73 Å². The van der Waals surface area contributed by atoms with Crippen LogP contribution in [0.4, 0.5) is 15.9 Å². The molecule has 2 rings (SSSR count). The summed E-state index contributed by atoms with van der Waals surface area (Å²) in [6.45, 7) is 0. The highest BCUT2D eigenvalue weighted by atomic mass is 79.9. The van der Waals surface area contributed by atoms with Crippen LogP contribution in [-0.2, 0) is 10.0 Å². The minimum Gasteiger partial charge on any atom is -0.396 e. The first kappa shape index (κ1) is 15.2. The Hall–Kier alpha value is -1.19. The van der Waals surface area contributed by atoms with Crippen LogP contribution < -0.4 is 10.5 Å². The van der Waals surface area contributed by atoms with Gasteiger partial charge in [-0.1, -0.05) is 0 Å². The molecule has 5 nitrogen and oxygen atoms in total. The van der Waals surface area contributed by atoms with E-state index in [0.29, 0.717) is 4.47 Å². The summed E-state index contributed by atoms with van der Waals surface area (Å²) >= 11 is 6.18. The fraction of sp³-hybridized carbons (Fsp3) is 0. The first-order valence-electron chi connectivity index (χ1n) is 5.19. The topological polar surface area (TPSA) is 85.1 Å². The molecular formula is C11H8Br2FN3O2S.